The van der Waals surface area contributed by atoms with Gasteiger partial charge in [-0.2, -0.15) is 0 Å². The van der Waals surface area contributed by atoms with Crippen molar-refractivity contribution in [2.24, 2.45) is 0 Å². The molecule has 0 spiro atoms. The fourth-order valence-electron chi connectivity index (χ4n) is 2.62. The smallest absolute Gasteiger partial charge is 0.407 e. The van der Waals surface area contributed by atoms with Crippen molar-refractivity contribution in [1.29, 1.82) is 0 Å². The number of sulfonamides is 1. The highest BCUT2D eigenvalue weighted by molar-refractivity contribution is 7.89. The van der Waals surface area contributed by atoms with Crippen molar-refractivity contribution >= 4 is 27.7 Å². The largest absolute Gasteiger partial charge is 0.444 e. The van der Waals surface area contributed by atoms with E-state index in [1.54, 1.807) is 64.1 Å². The van der Waals surface area contributed by atoms with Crippen LogP contribution in [0.15, 0.2) is 47.4 Å². The minimum atomic E-state index is -3.62. The van der Waals surface area contributed by atoms with Crippen molar-refractivity contribution in [3.63, 3.8) is 0 Å². The van der Waals surface area contributed by atoms with E-state index < -0.39 is 21.7 Å². The van der Waals surface area contributed by atoms with Crippen molar-refractivity contribution in [1.82, 2.24) is 9.62 Å². The topological polar surface area (TPSA) is 105 Å². The van der Waals surface area contributed by atoms with Gasteiger partial charge in [-0.05, 0) is 63.1 Å². The number of ether oxygens (including phenoxy) is 1. The fourth-order valence-corrected chi connectivity index (χ4v) is 3.76. The molecule has 9 heteroatoms. The molecule has 2 N–H and O–H groups in total. The van der Waals surface area contributed by atoms with Gasteiger partial charge in [0.25, 0.3) is 5.91 Å². The van der Waals surface area contributed by atoms with Gasteiger partial charge in [0.1, 0.15) is 5.60 Å². The molecule has 0 heterocycles. The summed E-state index contributed by atoms with van der Waals surface area (Å²) in [6.45, 7) is 7.32. The van der Waals surface area contributed by atoms with Crippen molar-refractivity contribution < 1.29 is 22.7 Å². The molecule has 2 amide bonds. The first-order valence-electron chi connectivity index (χ1n) is 9.70. The Kier molecular flexibility index (Phi) is 7.45. The normalized spacial score (nSPS) is 11.8. The lowest BCUT2D eigenvalue weighted by Gasteiger charge is -2.19. The molecule has 168 valence electrons. The molecule has 0 atom stereocenters. The number of benzene rings is 2. The van der Waals surface area contributed by atoms with Crippen molar-refractivity contribution in [2.75, 3.05) is 19.4 Å². The number of alkyl carbamates (subject to hydrolysis) is 1. The van der Waals surface area contributed by atoms with Gasteiger partial charge in [0, 0.05) is 31.9 Å². The number of nitrogens with one attached hydrogen (secondary N) is 2. The van der Waals surface area contributed by atoms with E-state index in [1.807, 2.05) is 0 Å². The second-order valence-corrected chi connectivity index (χ2v) is 10.4. The first kappa shape index (κ1) is 24.4. The molecule has 0 fully saturated rings. The summed E-state index contributed by atoms with van der Waals surface area (Å²) >= 11 is 0. The third kappa shape index (κ3) is 6.80. The highest BCUT2D eigenvalue weighted by Gasteiger charge is 2.20. The predicted octanol–water partition coefficient (Wildman–Crippen LogP) is 3.52. The number of carbonyl (C=O) groups is 2. The standard InChI is InChI=1S/C22H29N3O5S/c1-15-7-12-18(13-19(15)31(28,29)25(5)6)24-20(26)17-10-8-16(9-11-17)14-23-21(27)30-22(2,3)4/h7-13H,14H2,1-6H3,(H,23,27)(H,24,26). The number of hydrogen-bond acceptors (Lipinski definition) is 5. The number of anilines is 1. The molecule has 0 aliphatic carbocycles. The minimum absolute atomic E-state index is 0.138. The zero-order valence-corrected chi connectivity index (χ0v) is 19.5. The number of hydrogen-bond donors (Lipinski definition) is 2. The number of aryl methyl sites for hydroxylation is 1. The van der Waals surface area contributed by atoms with Gasteiger partial charge in [0.15, 0.2) is 0 Å². The molecule has 31 heavy (non-hydrogen) atoms. The molecule has 8 nitrogen and oxygen atoms in total. The monoisotopic (exact) mass is 447 g/mol. The summed E-state index contributed by atoms with van der Waals surface area (Å²) in [5.74, 6) is -0.372. The van der Waals surface area contributed by atoms with Gasteiger partial charge in [0.05, 0.1) is 4.90 Å². The average molecular weight is 448 g/mol. The van der Waals surface area contributed by atoms with Crippen LogP contribution in [0.25, 0.3) is 0 Å². The van der Waals surface area contributed by atoms with E-state index in [0.717, 1.165) is 9.87 Å². The summed E-state index contributed by atoms with van der Waals surface area (Å²) in [5.41, 5.74) is 1.60. The Labute approximate surface area is 183 Å². The number of rotatable bonds is 6. The molecule has 0 bridgehead atoms. The molecule has 0 unspecified atom stereocenters. The van der Waals surface area contributed by atoms with E-state index in [4.69, 9.17) is 4.74 Å². The summed E-state index contributed by atoms with van der Waals surface area (Å²) in [6, 6.07) is 11.5. The van der Waals surface area contributed by atoms with Gasteiger partial charge in [-0.1, -0.05) is 18.2 Å². The first-order valence-corrected chi connectivity index (χ1v) is 11.1. The molecular weight excluding hydrogens is 418 g/mol. The van der Waals surface area contributed by atoms with E-state index in [9.17, 15) is 18.0 Å². The molecule has 2 aromatic carbocycles. The molecule has 0 aliphatic rings. The Bertz CT molecular complexity index is 1060. The molecule has 2 aromatic rings. The molecule has 0 radical (unpaired) electrons. The lowest BCUT2D eigenvalue weighted by atomic mass is 10.1. The molecule has 2 rings (SSSR count). The Morgan fingerprint density at radius 2 is 1.65 bits per heavy atom. The number of amides is 2. The Morgan fingerprint density at radius 3 is 2.19 bits per heavy atom. The van der Waals surface area contributed by atoms with E-state index in [2.05, 4.69) is 10.6 Å². The maximum Gasteiger partial charge on any atom is 0.407 e. The molecule has 0 saturated carbocycles. The van der Waals surface area contributed by atoms with Crippen LogP contribution in [0.2, 0.25) is 0 Å². The second kappa shape index (κ2) is 9.49. The van der Waals surface area contributed by atoms with Gasteiger partial charge < -0.3 is 15.4 Å². The maximum atomic E-state index is 12.6. The maximum absolute atomic E-state index is 12.6. The van der Waals surface area contributed by atoms with Crippen LogP contribution in [0.1, 0.15) is 42.3 Å². The molecule has 0 saturated heterocycles. The third-order valence-corrected chi connectivity index (χ3v) is 6.21. The van der Waals surface area contributed by atoms with Gasteiger partial charge in [-0.3, -0.25) is 4.79 Å². The van der Waals surface area contributed by atoms with Gasteiger partial charge in [-0.25, -0.2) is 17.5 Å². The van der Waals surface area contributed by atoms with Crippen LogP contribution in [0.5, 0.6) is 0 Å². The molecule has 0 aliphatic heterocycles. The summed E-state index contributed by atoms with van der Waals surface area (Å²) in [5, 5.41) is 5.38. The first-order chi connectivity index (χ1) is 14.3. The summed E-state index contributed by atoms with van der Waals surface area (Å²) < 4.78 is 31.2. The lowest BCUT2D eigenvalue weighted by molar-refractivity contribution is 0.0523. The van der Waals surface area contributed by atoms with Crippen LogP contribution in [0.3, 0.4) is 0 Å². The van der Waals surface area contributed by atoms with Crippen LogP contribution in [-0.4, -0.2) is 44.4 Å². The van der Waals surface area contributed by atoms with E-state index in [1.165, 1.54) is 20.2 Å². The van der Waals surface area contributed by atoms with Crippen LogP contribution < -0.4 is 10.6 Å². The third-order valence-electron chi connectivity index (χ3n) is 4.26. The zero-order chi connectivity index (χ0) is 23.4. The quantitative estimate of drug-likeness (QED) is 0.705. The van der Waals surface area contributed by atoms with E-state index >= 15 is 0 Å². The Hall–Kier alpha value is -2.91. The Morgan fingerprint density at radius 1 is 1.03 bits per heavy atom. The van der Waals surface area contributed by atoms with Crippen LogP contribution in [0.4, 0.5) is 10.5 Å². The summed E-state index contributed by atoms with van der Waals surface area (Å²) in [6.07, 6.45) is -0.517. The average Bonchev–Trinajstić information content (AvgIpc) is 2.66. The summed E-state index contributed by atoms with van der Waals surface area (Å²) in [4.78, 5) is 24.4. The van der Waals surface area contributed by atoms with Gasteiger partial charge in [0.2, 0.25) is 10.0 Å². The van der Waals surface area contributed by atoms with Gasteiger partial charge >= 0.3 is 6.09 Å². The van der Waals surface area contributed by atoms with Crippen molar-refractivity contribution in [3.05, 3.63) is 59.2 Å². The van der Waals surface area contributed by atoms with Crippen LogP contribution >= 0.6 is 0 Å². The van der Waals surface area contributed by atoms with Crippen molar-refractivity contribution in [3.8, 4) is 0 Å². The van der Waals surface area contributed by atoms with E-state index in [-0.39, 0.29) is 17.3 Å². The SMILES string of the molecule is Cc1ccc(NC(=O)c2ccc(CNC(=O)OC(C)(C)C)cc2)cc1S(=O)(=O)N(C)C. The van der Waals surface area contributed by atoms with Crippen molar-refractivity contribution in [2.45, 2.75) is 44.7 Å². The van der Waals surface area contributed by atoms with E-state index in [0.29, 0.717) is 16.8 Å². The number of carbonyl (C=O) groups excluding carboxylic acids is 2. The number of nitrogens with zero attached hydrogens (tertiary/aromatic N) is 1. The predicted molar refractivity (Wildman–Crippen MR) is 120 cm³/mol. The zero-order valence-electron chi connectivity index (χ0n) is 18.6. The van der Waals surface area contributed by atoms with Crippen LogP contribution in [0, 0.1) is 6.92 Å². The second-order valence-electron chi connectivity index (χ2n) is 8.27. The highest BCUT2D eigenvalue weighted by atomic mass is 32.2. The minimum Gasteiger partial charge on any atom is -0.444 e. The summed E-state index contributed by atoms with van der Waals surface area (Å²) in [7, 11) is -0.709. The Balaban J connectivity index is 2.06. The molecular formula is C22H29N3O5S. The molecule has 0 aromatic heterocycles. The highest BCUT2D eigenvalue weighted by Crippen LogP contribution is 2.23. The van der Waals surface area contributed by atoms with Gasteiger partial charge in [-0.15, -0.1) is 0 Å². The fraction of sp³-hybridized carbons (Fsp3) is 0.364. The van der Waals surface area contributed by atoms with Crippen LogP contribution in [-0.2, 0) is 21.3 Å². The lowest BCUT2D eigenvalue weighted by Crippen LogP contribution is -2.32.